The molecule has 4 rings (SSSR count). The van der Waals surface area contributed by atoms with Crippen molar-refractivity contribution >= 4 is 10.8 Å². The third-order valence-electron chi connectivity index (χ3n) is 5.18. The minimum absolute atomic E-state index is 0.270. The molecule has 0 fully saturated rings. The molecule has 0 saturated carbocycles. The highest BCUT2D eigenvalue weighted by Crippen LogP contribution is 2.21. The molecule has 32 heavy (non-hydrogen) atoms. The Kier molecular flexibility index (Phi) is 6.13. The van der Waals surface area contributed by atoms with Crippen LogP contribution in [-0.2, 0) is 12.8 Å². The maximum absolute atomic E-state index is 14.5. The average Bonchev–Trinajstić information content (AvgIpc) is 2.77. The predicted molar refractivity (Wildman–Crippen MR) is 117 cm³/mol. The van der Waals surface area contributed by atoms with E-state index in [1.54, 1.807) is 36.4 Å². The molecular weight excluding hydrogens is 416 g/mol. The molecule has 0 heterocycles. The lowest BCUT2D eigenvalue weighted by atomic mass is 10.0. The molecule has 0 N–H and O–H groups in total. The quantitative estimate of drug-likeness (QED) is 0.260. The summed E-state index contributed by atoms with van der Waals surface area (Å²) in [6, 6.07) is 16.4. The van der Waals surface area contributed by atoms with Crippen LogP contribution in [-0.4, -0.2) is 7.11 Å². The van der Waals surface area contributed by atoms with Crippen LogP contribution in [0.1, 0.15) is 22.3 Å². The molecule has 0 aliphatic rings. The number of aryl methyl sites for hydroxylation is 2. The van der Waals surface area contributed by atoms with Gasteiger partial charge in [-0.1, -0.05) is 30.0 Å². The smallest absolute Gasteiger partial charge is 0.142 e. The number of methoxy groups -OCH3 is 1. The molecule has 5 heteroatoms. The van der Waals surface area contributed by atoms with E-state index in [1.165, 1.54) is 37.4 Å². The Morgan fingerprint density at radius 3 is 2.12 bits per heavy atom. The minimum Gasteiger partial charge on any atom is -0.497 e. The average molecular weight is 434 g/mol. The van der Waals surface area contributed by atoms with Crippen molar-refractivity contribution in [1.82, 2.24) is 0 Å². The van der Waals surface area contributed by atoms with Gasteiger partial charge in [0, 0.05) is 11.6 Å². The number of hydrogen-bond acceptors (Lipinski definition) is 1. The largest absolute Gasteiger partial charge is 0.497 e. The van der Waals surface area contributed by atoms with E-state index in [2.05, 4.69) is 11.8 Å². The van der Waals surface area contributed by atoms with E-state index in [4.69, 9.17) is 4.74 Å². The van der Waals surface area contributed by atoms with E-state index in [0.717, 1.165) is 5.39 Å². The summed E-state index contributed by atoms with van der Waals surface area (Å²) >= 11 is 0. The highest BCUT2D eigenvalue weighted by Gasteiger charge is 2.11. The van der Waals surface area contributed by atoms with Gasteiger partial charge in [0.2, 0.25) is 0 Å². The van der Waals surface area contributed by atoms with Gasteiger partial charge in [0.25, 0.3) is 0 Å². The summed E-state index contributed by atoms with van der Waals surface area (Å²) in [5, 5.41) is 1.49. The van der Waals surface area contributed by atoms with Crippen molar-refractivity contribution in [3.05, 3.63) is 112 Å². The van der Waals surface area contributed by atoms with Gasteiger partial charge in [0.15, 0.2) is 0 Å². The van der Waals surface area contributed by atoms with Gasteiger partial charge in [-0.3, -0.25) is 0 Å². The van der Waals surface area contributed by atoms with E-state index < -0.39 is 17.5 Å². The summed E-state index contributed by atoms with van der Waals surface area (Å²) in [7, 11) is 1.45. The van der Waals surface area contributed by atoms with E-state index in [1.807, 2.05) is 0 Å². The second kappa shape index (κ2) is 9.15. The van der Waals surface area contributed by atoms with Gasteiger partial charge in [0.1, 0.15) is 29.0 Å². The molecule has 0 spiro atoms. The summed E-state index contributed by atoms with van der Waals surface area (Å²) in [6.45, 7) is 0. The number of fused-ring (bicyclic) bond motifs is 1. The fourth-order valence-corrected chi connectivity index (χ4v) is 3.46. The molecule has 0 aromatic heterocycles. The van der Waals surface area contributed by atoms with E-state index in [-0.39, 0.29) is 24.2 Å². The first-order valence-corrected chi connectivity index (χ1v) is 9.94. The first kappa shape index (κ1) is 21.5. The summed E-state index contributed by atoms with van der Waals surface area (Å²) in [5.41, 5.74) is 1.07. The van der Waals surface area contributed by atoms with Crippen molar-refractivity contribution < 1.29 is 22.3 Å². The molecule has 1 nitrogen and oxygen atoms in total. The Labute approximate surface area is 183 Å². The summed E-state index contributed by atoms with van der Waals surface area (Å²) in [5.74, 6) is 3.41. The molecule has 0 aliphatic heterocycles. The van der Waals surface area contributed by atoms with Crippen LogP contribution >= 0.6 is 0 Å². The highest BCUT2D eigenvalue weighted by atomic mass is 19.1. The molecule has 160 valence electrons. The fourth-order valence-electron chi connectivity index (χ4n) is 3.46. The van der Waals surface area contributed by atoms with Crippen LogP contribution in [0.15, 0.2) is 66.7 Å². The number of halogens is 4. The number of benzene rings is 4. The maximum Gasteiger partial charge on any atom is 0.142 e. The molecule has 0 bridgehead atoms. The summed E-state index contributed by atoms with van der Waals surface area (Å²) in [4.78, 5) is 0. The Bertz CT molecular complexity index is 1340. The lowest BCUT2D eigenvalue weighted by molar-refractivity contribution is 0.410. The van der Waals surface area contributed by atoms with E-state index >= 15 is 0 Å². The second-order valence-corrected chi connectivity index (χ2v) is 7.35. The van der Waals surface area contributed by atoms with Crippen molar-refractivity contribution in [2.24, 2.45) is 0 Å². The Balaban J connectivity index is 1.53. The van der Waals surface area contributed by atoms with Crippen molar-refractivity contribution in [2.75, 3.05) is 7.11 Å². The van der Waals surface area contributed by atoms with Gasteiger partial charge < -0.3 is 4.74 Å². The lowest BCUT2D eigenvalue weighted by Crippen LogP contribution is -1.99. The topological polar surface area (TPSA) is 9.23 Å². The van der Waals surface area contributed by atoms with Crippen molar-refractivity contribution in [1.29, 1.82) is 0 Å². The number of ether oxygens (including phenoxy) is 1. The van der Waals surface area contributed by atoms with Gasteiger partial charge in [-0.05, 0) is 77.2 Å². The normalized spacial score (nSPS) is 10.7. The van der Waals surface area contributed by atoms with Crippen molar-refractivity contribution in [2.45, 2.75) is 12.8 Å². The number of hydrogen-bond donors (Lipinski definition) is 0. The Morgan fingerprint density at radius 1 is 0.688 bits per heavy atom. The molecule has 0 atom stereocenters. The molecule has 0 amide bonds. The molecular formula is C27H18F4O. The van der Waals surface area contributed by atoms with Crippen molar-refractivity contribution in [3.8, 4) is 17.6 Å². The Hall–Kier alpha value is -3.78. The highest BCUT2D eigenvalue weighted by molar-refractivity contribution is 5.84. The first-order chi connectivity index (χ1) is 15.4. The molecule has 0 aliphatic carbocycles. The Morgan fingerprint density at radius 2 is 1.41 bits per heavy atom. The zero-order chi connectivity index (χ0) is 22.7. The minimum atomic E-state index is -0.773. The maximum atomic E-state index is 14.5. The summed E-state index contributed by atoms with van der Waals surface area (Å²) in [6.07, 6.45) is 0.559. The van der Waals surface area contributed by atoms with Crippen LogP contribution in [0.5, 0.6) is 5.75 Å². The molecule has 0 radical (unpaired) electrons. The second-order valence-electron chi connectivity index (χ2n) is 7.35. The van der Waals surface area contributed by atoms with E-state index in [9.17, 15) is 17.6 Å². The molecule has 4 aromatic rings. The summed E-state index contributed by atoms with van der Waals surface area (Å²) < 4.78 is 61.4. The van der Waals surface area contributed by atoms with Gasteiger partial charge >= 0.3 is 0 Å². The van der Waals surface area contributed by atoms with Crippen LogP contribution < -0.4 is 4.74 Å². The number of rotatable bonds is 4. The van der Waals surface area contributed by atoms with Gasteiger partial charge in [-0.25, -0.2) is 17.6 Å². The van der Waals surface area contributed by atoms with Gasteiger partial charge in [0.05, 0.1) is 12.7 Å². The predicted octanol–water partition coefficient (Wildman–Crippen LogP) is 6.59. The first-order valence-electron chi connectivity index (χ1n) is 9.94. The van der Waals surface area contributed by atoms with Gasteiger partial charge in [-0.2, -0.15) is 0 Å². The fraction of sp³-hybridized carbons (Fsp3) is 0.111. The SMILES string of the molecule is COc1ccc(CCc2cc(F)c(C#Cc3ccc4cc(F)ccc4c3)c(F)c2)c(F)c1. The molecule has 4 aromatic carbocycles. The van der Waals surface area contributed by atoms with Crippen LogP contribution in [0.3, 0.4) is 0 Å². The van der Waals surface area contributed by atoms with Crippen LogP contribution in [0.4, 0.5) is 17.6 Å². The van der Waals surface area contributed by atoms with Crippen LogP contribution in [0, 0.1) is 35.1 Å². The molecule has 0 saturated heterocycles. The third-order valence-corrected chi connectivity index (χ3v) is 5.18. The van der Waals surface area contributed by atoms with Gasteiger partial charge in [-0.15, -0.1) is 0 Å². The third kappa shape index (κ3) is 4.76. The van der Waals surface area contributed by atoms with Crippen LogP contribution in [0.25, 0.3) is 10.8 Å². The zero-order valence-corrected chi connectivity index (χ0v) is 17.2. The van der Waals surface area contributed by atoms with Crippen LogP contribution in [0.2, 0.25) is 0 Å². The van der Waals surface area contributed by atoms with E-state index in [0.29, 0.717) is 27.8 Å². The lowest BCUT2D eigenvalue weighted by Gasteiger charge is -2.07. The zero-order valence-electron chi connectivity index (χ0n) is 17.2. The van der Waals surface area contributed by atoms with Crippen molar-refractivity contribution in [3.63, 3.8) is 0 Å². The molecule has 0 unspecified atom stereocenters. The standard InChI is InChI=1S/C27H18F4O/c1-32-23-10-8-19(25(29)16-23)5-3-18-13-26(30)24(27(31)14-18)11-4-17-2-6-21-15-22(28)9-7-20(21)12-17/h2,6-10,12-16H,3,5H2,1H3. The monoisotopic (exact) mass is 434 g/mol.